The summed E-state index contributed by atoms with van der Waals surface area (Å²) in [5.74, 6) is 0. The van der Waals surface area contributed by atoms with Crippen molar-refractivity contribution >= 4 is 11.4 Å². The molecule has 0 fully saturated rings. The standard InChI is InChI=1S/C26H40N.ClH/c1-3-5-6-7-8-9-10-11-12-19-24-27(4-2,25-20-15-13-16-21-25)26-22-17-14-18-23-26;/h13-18,20-23H,3-12,19,24H2,1-2H3;1H/q+1;/p-1. The molecule has 2 heteroatoms. The summed E-state index contributed by atoms with van der Waals surface area (Å²) in [6, 6.07) is 22.2. The highest BCUT2D eigenvalue weighted by Crippen LogP contribution is 2.34. The molecule has 0 atom stereocenters. The van der Waals surface area contributed by atoms with Crippen LogP contribution in [0.4, 0.5) is 11.4 Å². The summed E-state index contributed by atoms with van der Waals surface area (Å²) >= 11 is 0. The zero-order valence-corrected chi connectivity index (χ0v) is 18.8. The molecule has 156 valence electrons. The van der Waals surface area contributed by atoms with E-state index in [-0.39, 0.29) is 12.4 Å². The number of hydrogen-bond acceptors (Lipinski definition) is 0. The zero-order valence-electron chi connectivity index (χ0n) is 18.1. The minimum Gasteiger partial charge on any atom is -1.00 e. The highest BCUT2D eigenvalue weighted by Gasteiger charge is 2.30. The molecule has 0 saturated heterocycles. The maximum atomic E-state index is 2.33. The Balaban J connectivity index is 0.00000392. The molecule has 0 aliphatic rings. The van der Waals surface area contributed by atoms with Crippen LogP contribution in [0.5, 0.6) is 0 Å². The summed E-state index contributed by atoms with van der Waals surface area (Å²) in [7, 11) is 0. The fraction of sp³-hybridized carbons (Fsp3) is 0.538. The average molecular weight is 402 g/mol. The van der Waals surface area contributed by atoms with Gasteiger partial charge in [-0.05, 0) is 44.0 Å². The summed E-state index contributed by atoms with van der Waals surface area (Å²) < 4.78 is 0.971. The Bertz CT molecular complexity index is 557. The molecule has 0 radical (unpaired) electrons. The molecule has 0 spiro atoms. The molecule has 1 nitrogen and oxygen atoms in total. The van der Waals surface area contributed by atoms with Crippen LogP contribution >= 0.6 is 0 Å². The summed E-state index contributed by atoms with van der Waals surface area (Å²) in [6.45, 7) is 6.92. The van der Waals surface area contributed by atoms with Gasteiger partial charge in [-0.2, -0.15) is 0 Å². The number of para-hydroxylation sites is 2. The van der Waals surface area contributed by atoms with Crippen LogP contribution in [0.1, 0.15) is 78.1 Å². The Hall–Kier alpha value is -1.31. The molecule has 2 aromatic carbocycles. The molecule has 0 amide bonds. The summed E-state index contributed by atoms with van der Waals surface area (Å²) in [4.78, 5) is 0. The number of halogens is 1. The van der Waals surface area contributed by atoms with Crippen molar-refractivity contribution in [3.63, 3.8) is 0 Å². The van der Waals surface area contributed by atoms with Crippen molar-refractivity contribution in [2.45, 2.75) is 78.1 Å². The van der Waals surface area contributed by atoms with Crippen molar-refractivity contribution in [2.75, 3.05) is 13.1 Å². The lowest BCUT2D eigenvalue weighted by atomic mass is 10.1. The number of hydrogen-bond donors (Lipinski definition) is 0. The van der Waals surface area contributed by atoms with E-state index >= 15 is 0 Å². The van der Waals surface area contributed by atoms with E-state index in [2.05, 4.69) is 74.5 Å². The Labute approximate surface area is 180 Å². The van der Waals surface area contributed by atoms with Gasteiger partial charge in [-0.3, -0.25) is 4.48 Å². The second-order valence-corrected chi connectivity index (χ2v) is 7.86. The van der Waals surface area contributed by atoms with Gasteiger partial charge in [-0.15, -0.1) is 0 Å². The molecule has 0 bridgehead atoms. The minimum absolute atomic E-state index is 0. The fourth-order valence-electron chi connectivity index (χ4n) is 4.23. The third-order valence-electron chi connectivity index (χ3n) is 5.93. The lowest BCUT2D eigenvalue weighted by Gasteiger charge is -2.37. The van der Waals surface area contributed by atoms with Crippen LogP contribution < -0.4 is 16.9 Å². The first-order valence-electron chi connectivity index (χ1n) is 11.3. The van der Waals surface area contributed by atoms with Crippen molar-refractivity contribution in [3.05, 3.63) is 60.7 Å². The molecule has 0 aromatic heterocycles. The van der Waals surface area contributed by atoms with E-state index in [4.69, 9.17) is 0 Å². The van der Waals surface area contributed by atoms with Crippen molar-refractivity contribution in [2.24, 2.45) is 0 Å². The number of nitrogens with zero attached hydrogens (tertiary/aromatic N) is 1. The van der Waals surface area contributed by atoms with Crippen LogP contribution in [0.2, 0.25) is 0 Å². The maximum absolute atomic E-state index is 2.33. The predicted octanol–water partition coefficient (Wildman–Crippen LogP) is 5.27. The van der Waals surface area contributed by atoms with Gasteiger partial charge in [0.25, 0.3) is 0 Å². The molecular formula is C26H40ClN. The van der Waals surface area contributed by atoms with Gasteiger partial charge in [0, 0.05) is 0 Å². The third kappa shape index (κ3) is 7.60. The molecule has 0 aliphatic carbocycles. The normalized spacial score (nSPS) is 11.2. The molecule has 28 heavy (non-hydrogen) atoms. The van der Waals surface area contributed by atoms with E-state index in [9.17, 15) is 0 Å². The molecule has 0 aliphatic heterocycles. The number of benzene rings is 2. The second kappa shape index (κ2) is 14.7. The van der Waals surface area contributed by atoms with Crippen LogP contribution in [0.15, 0.2) is 60.7 Å². The van der Waals surface area contributed by atoms with E-state index in [1.54, 1.807) is 0 Å². The Morgan fingerprint density at radius 2 is 0.929 bits per heavy atom. The van der Waals surface area contributed by atoms with Crippen molar-refractivity contribution in [3.8, 4) is 0 Å². The summed E-state index contributed by atoms with van der Waals surface area (Å²) in [6.07, 6.45) is 13.9. The number of unbranched alkanes of at least 4 members (excludes halogenated alkanes) is 9. The van der Waals surface area contributed by atoms with Gasteiger partial charge in [0.2, 0.25) is 0 Å². The highest BCUT2D eigenvalue weighted by molar-refractivity contribution is 5.58. The Kier molecular flexibility index (Phi) is 12.9. The third-order valence-corrected chi connectivity index (χ3v) is 5.93. The lowest BCUT2D eigenvalue weighted by molar-refractivity contribution is -0.00000570. The first kappa shape index (κ1) is 24.7. The van der Waals surface area contributed by atoms with E-state index < -0.39 is 0 Å². The van der Waals surface area contributed by atoms with E-state index in [0.29, 0.717) is 0 Å². The zero-order chi connectivity index (χ0) is 19.2. The van der Waals surface area contributed by atoms with Crippen LogP contribution in [0, 0.1) is 0 Å². The molecule has 0 N–H and O–H groups in total. The first-order chi connectivity index (χ1) is 13.3. The van der Waals surface area contributed by atoms with Crippen LogP contribution in [0.3, 0.4) is 0 Å². The summed E-state index contributed by atoms with van der Waals surface area (Å²) in [5, 5.41) is 0. The van der Waals surface area contributed by atoms with Crippen molar-refractivity contribution in [1.29, 1.82) is 0 Å². The summed E-state index contributed by atoms with van der Waals surface area (Å²) in [5.41, 5.74) is 2.84. The van der Waals surface area contributed by atoms with Gasteiger partial charge in [-0.1, -0.05) is 94.7 Å². The lowest BCUT2D eigenvalue weighted by Crippen LogP contribution is -3.00. The SMILES string of the molecule is CCCCCCCCCCCC[N+](CC)(c1ccccc1)c1ccccc1.[Cl-]. The van der Waals surface area contributed by atoms with Gasteiger partial charge in [-0.25, -0.2) is 0 Å². The smallest absolute Gasteiger partial charge is 0.137 e. The van der Waals surface area contributed by atoms with Crippen molar-refractivity contribution in [1.82, 2.24) is 4.48 Å². The average Bonchev–Trinajstić information content (AvgIpc) is 2.74. The van der Waals surface area contributed by atoms with Gasteiger partial charge >= 0.3 is 0 Å². The molecular weight excluding hydrogens is 362 g/mol. The molecule has 0 heterocycles. The minimum atomic E-state index is 0. The Morgan fingerprint density at radius 1 is 0.536 bits per heavy atom. The van der Waals surface area contributed by atoms with Gasteiger partial charge < -0.3 is 12.4 Å². The van der Waals surface area contributed by atoms with Crippen LogP contribution in [-0.2, 0) is 0 Å². The predicted molar refractivity (Wildman–Crippen MR) is 122 cm³/mol. The largest absolute Gasteiger partial charge is 1.00 e. The second-order valence-electron chi connectivity index (χ2n) is 7.86. The molecule has 0 saturated carbocycles. The van der Waals surface area contributed by atoms with Crippen LogP contribution in [0.25, 0.3) is 0 Å². The van der Waals surface area contributed by atoms with Gasteiger partial charge in [0.05, 0.1) is 13.1 Å². The number of quaternary nitrogens is 1. The topological polar surface area (TPSA) is 0 Å². The van der Waals surface area contributed by atoms with E-state index in [1.807, 2.05) is 0 Å². The van der Waals surface area contributed by atoms with E-state index in [1.165, 1.54) is 82.1 Å². The first-order valence-corrected chi connectivity index (χ1v) is 11.3. The highest BCUT2D eigenvalue weighted by atomic mass is 35.5. The van der Waals surface area contributed by atoms with E-state index in [0.717, 1.165) is 11.0 Å². The molecule has 2 rings (SSSR count). The maximum Gasteiger partial charge on any atom is 0.137 e. The number of rotatable bonds is 14. The quantitative estimate of drug-likeness (QED) is 0.299. The fourth-order valence-corrected chi connectivity index (χ4v) is 4.23. The van der Waals surface area contributed by atoms with Gasteiger partial charge in [0.15, 0.2) is 0 Å². The van der Waals surface area contributed by atoms with Crippen LogP contribution in [-0.4, -0.2) is 13.1 Å². The monoisotopic (exact) mass is 401 g/mol. The molecule has 0 unspecified atom stereocenters. The Morgan fingerprint density at radius 3 is 1.32 bits per heavy atom. The molecule has 2 aromatic rings. The van der Waals surface area contributed by atoms with Gasteiger partial charge in [0.1, 0.15) is 11.4 Å². The van der Waals surface area contributed by atoms with Crippen molar-refractivity contribution < 1.29 is 12.4 Å².